The summed E-state index contributed by atoms with van der Waals surface area (Å²) in [7, 11) is 6.30. The summed E-state index contributed by atoms with van der Waals surface area (Å²) in [6.45, 7) is 6.70. The minimum absolute atomic E-state index is 0.0686. The van der Waals surface area contributed by atoms with E-state index >= 15 is 0 Å². The van der Waals surface area contributed by atoms with Crippen molar-refractivity contribution in [1.29, 1.82) is 0 Å². The number of nitrogens with one attached hydrogen (secondary N) is 2. The first-order valence-corrected chi connectivity index (χ1v) is 15.0. The van der Waals surface area contributed by atoms with E-state index < -0.39 is 23.8 Å². The molecule has 0 aromatic carbocycles. The number of carbonyl (C=O) groups is 6. The second-order valence-electron chi connectivity index (χ2n) is 9.70. The number of hydrogen-bond acceptors (Lipinski definition) is 11. The van der Waals surface area contributed by atoms with Crippen LogP contribution in [0.15, 0.2) is 18.3 Å². The lowest BCUT2D eigenvalue weighted by molar-refractivity contribution is 0.0517. The minimum Gasteiger partial charge on any atom is -0.462 e. The third kappa shape index (κ3) is 7.11. The third-order valence-electron chi connectivity index (χ3n) is 6.17. The number of amides is 4. The maximum absolute atomic E-state index is 13.1. The van der Waals surface area contributed by atoms with Gasteiger partial charge in [0.25, 0.3) is 23.6 Å². The summed E-state index contributed by atoms with van der Waals surface area (Å²) in [5, 5.41) is 5.55. The predicted octanol–water partition coefficient (Wildman–Crippen LogP) is 4.08. The van der Waals surface area contributed by atoms with Gasteiger partial charge < -0.3 is 29.9 Å². The molecule has 0 spiro atoms. The molecule has 0 aliphatic heterocycles. The van der Waals surface area contributed by atoms with Crippen LogP contribution < -0.4 is 10.6 Å². The minimum atomic E-state index is -0.684. The number of aromatic nitrogens is 1. The Kier molecular flexibility index (Phi) is 11.0. The number of hydrogen-bond donors (Lipinski definition) is 2. The fourth-order valence-electron chi connectivity index (χ4n) is 3.92. The van der Waals surface area contributed by atoms with Crippen LogP contribution in [0.2, 0.25) is 0 Å². The van der Waals surface area contributed by atoms with Crippen LogP contribution in [0.4, 0.5) is 10.0 Å². The second kappa shape index (κ2) is 14.2. The van der Waals surface area contributed by atoms with Crippen molar-refractivity contribution in [3.8, 4) is 0 Å². The highest BCUT2D eigenvalue weighted by Gasteiger charge is 2.29. The van der Waals surface area contributed by atoms with E-state index in [2.05, 4.69) is 15.6 Å². The van der Waals surface area contributed by atoms with Gasteiger partial charge in [0.1, 0.15) is 15.7 Å². The van der Waals surface area contributed by atoms with Gasteiger partial charge in [0.05, 0.1) is 39.7 Å². The molecule has 0 atom stereocenters. The Labute approximate surface area is 262 Å². The number of thiophene rings is 2. The summed E-state index contributed by atoms with van der Waals surface area (Å²) in [6, 6.07) is 2.67. The summed E-state index contributed by atoms with van der Waals surface area (Å²) < 4.78 is 10.3. The molecule has 0 bridgehead atoms. The molecule has 0 aliphatic carbocycles. The zero-order valence-electron chi connectivity index (χ0n) is 25.6. The number of nitrogens with zero attached hydrogens (tertiary/aromatic N) is 3. The van der Waals surface area contributed by atoms with Crippen LogP contribution >= 0.6 is 22.7 Å². The predicted molar refractivity (Wildman–Crippen MR) is 166 cm³/mol. The molecule has 0 aliphatic rings. The summed E-state index contributed by atoms with van der Waals surface area (Å²) >= 11 is 1.89. The molecular weight excluding hydrogens is 610 g/mol. The van der Waals surface area contributed by atoms with Crippen molar-refractivity contribution in [3.05, 3.63) is 61.6 Å². The van der Waals surface area contributed by atoms with Crippen LogP contribution in [0.5, 0.6) is 0 Å². The first-order chi connectivity index (χ1) is 20.7. The van der Waals surface area contributed by atoms with Crippen LogP contribution in [-0.4, -0.2) is 91.8 Å². The van der Waals surface area contributed by atoms with Crippen LogP contribution in [0, 0.1) is 13.8 Å². The number of esters is 2. The van der Waals surface area contributed by atoms with Gasteiger partial charge in [-0.05, 0) is 51.0 Å². The highest BCUT2D eigenvalue weighted by atomic mass is 32.1. The molecule has 4 amide bonds. The molecule has 0 radical (unpaired) electrons. The van der Waals surface area contributed by atoms with Gasteiger partial charge in [-0.3, -0.25) is 24.2 Å². The van der Waals surface area contributed by atoms with Gasteiger partial charge in [0, 0.05) is 34.4 Å². The Balaban J connectivity index is 1.87. The average molecular weight is 644 g/mol. The largest absolute Gasteiger partial charge is 0.462 e. The highest BCUT2D eigenvalue weighted by Crippen LogP contribution is 2.36. The maximum Gasteiger partial charge on any atom is 0.341 e. The fraction of sp³-hybridized carbons (Fsp3) is 0.345. The molecule has 3 rings (SSSR count). The SMILES string of the molecule is CCOC(=O)c1c(NC(=O)c2ccc(C(=O)Nc3sc(C(=O)N(C)C)c(C)c3C(=O)OCC)nc2)sc(C(=O)N(C)C)c1C. The van der Waals surface area contributed by atoms with E-state index in [0.717, 1.165) is 22.7 Å². The average Bonchev–Trinajstić information content (AvgIpc) is 3.47. The van der Waals surface area contributed by atoms with Crippen LogP contribution in [0.1, 0.15) is 85.9 Å². The molecule has 3 aromatic heterocycles. The molecule has 0 unspecified atom stereocenters. The Bertz CT molecular complexity index is 1500. The van der Waals surface area contributed by atoms with Gasteiger partial charge in [0.2, 0.25) is 0 Å². The molecule has 13 nitrogen and oxygen atoms in total. The molecule has 2 N–H and O–H groups in total. The zero-order valence-corrected chi connectivity index (χ0v) is 27.2. The van der Waals surface area contributed by atoms with E-state index in [0.29, 0.717) is 11.1 Å². The summed E-state index contributed by atoms with van der Waals surface area (Å²) in [5.74, 6) is -3.35. The molecular formula is C29H33N5O8S2. The molecule has 234 valence electrons. The normalized spacial score (nSPS) is 10.5. The Hall–Kier alpha value is -4.63. The zero-order chi connectivity index (χ0) is 32.9. The standard InChI is InChI=1S/C29H33N5O8S2/c1-9-41-28(39)18-14(3)20(26(37)33(5)6)43-24(18)31-22(35)16-11-12-17(30-13-16)23(36)32-25-19(29(40)42-10-2)15(4)21(44-25)27(38)34(7)8/h11-13H,9-10H2,1-8H3,(H,31,35)(H,32,36). The number of ether oxygens (including phenoxy) is 2. The number of anilines is 2. The third-order valence-corrected chi connectivity index (χ3v) is 8.56. The quantitative estimate of drug-likeness (QED) is 0.310. The second-order valence-corrected chi connectivity index (χ2v) is 11.7. The van der Waals surface area contributed by atoms with Crippen LogP contribution in [-0.2, 0) is 9.47 Å². The lowest BCUT2D eigenvalue weighted by Crippen LogP contribution is -2.21. The van der Waals surface area contributed by atoms with Crippen LogP contribution in [0.25, 0.3) is 0 Å². The van der Waals surface area contributed by atoms with Gasteiger partial charge in [0.15, 0.2) is 0 Å². The van der Waals surface area contributed by atoms with E-state index in [1.54, 1.807) is 55.9 Å². The van der Waals surface area contributed by atoms with Crippen molar-refractivity contribution in [2.24, 2.45) is 0 Å². The lowest BCUT2D eigenvalue weighted by atomic mass is 10.1. The van der Waals surface area contributed by atoms with Crippen LogP contribution in [0.3, 0.4) is 0 Å². The Morgan fingerprint density at radius 2 is 1.16 bits per heavy atom. The van der Waals surface area contributed by atoms with Crippen molar-refractivity contribution in [1.82, 2.24) is 14.8 Å². The smallest absolute Gasteiger partial charge is 0.341 e. The Morgan fingerprint density at radius 1 is 0.727 bits per heavy atom. The fourth-order valence-corrected chi connectivity index (χ4v) is 6.34. The van der Waals surface area contributed by atoms with Crippen molar-refractivity contribution >= 4 is 68.2 Å². The van der Waals surface area contributed by atoms with Gasteiger partial charge in [-0.1, -0.05) is 0 Å². The maximum atomic E-state index is 13.1. The molecule has 15 heteroatoms. The number of carbonyl (C=O) groups excluding carboxylic acids is 6. The monoisotopic (exact) mass is 643 g/mol. The molecule has 3 heterocycles. The topological polar surface area (TPSA) is 164 Å². The van der Waals surface area contributed by atoms with Gasteiger partial charge in [-0.25, -0.2) is 9.59 Å². The summed E-state index contributed by atoms with van der Waals surface area (Å²) in [6.07, 6.45) is 1.17. The Morgan fingerprint density at radius 3 is 1.52 bits per heavy atom. The molecule has 0 fully saturated rings. The van der Waals surface area contributed by atoms with Gasteiger partial charge in [-0.2, -0.15) is 0 Å². The first-order valence-electron chi connectivity index (χ1n) is 13.4. The number of pyridine rings is 1. The van der Waals surface area contributed by atoms with Crippen molar-refractivity contribution in [3.63, 3.8) is 0 Å². The highest BCUT2D eigenvalue weighted by molar-refractivity contribution is 7.19. The van der Waals surface area contributed by atoms with Crippen molar-refractivity contribution in [2.75, 3.05) is 52.0 Å². The molecule has 44 heavy (non-hydrogen) atoms. The van der Waals surface area contributed by atoms with E-state index in [-0.39, 0.29) is 67.2 Å². The van der Waals surface area contributed by atoms with Gasteiger partial charge >= 0.3 is 11.9 Å². The van der Waals surface area contributed by atoms with E-state index in [1.165, 1.54) is 28.1 Å². The summed E-state index contributed by atoms with van der Waals surface area (Å²) in [4.78, 5) is 84.2. The van der Waals surface area contributed by atoms with Crippen molar-refractivity contribution < 1.29 is 38.2 Å². The number of rotatable bonds is 10. The lowest BCUT2D eigenvalue weighted by Gasteiger charge is -2.09. The van der Waals surface area contributed by atoms with Gasteiger partial charge in [-0.15, -0.1) is 22.7 Å². The molecule has 0 saturated carbocycles. The van der Waals surface area contributed by atoms with Crippen molar-refractivity contribution in [2.45, 2.75) is 27.7 Å². The molecule has 0 saturated heterocycles. The van der Waals surface area contributed by atoms with E-state index in [1.807, 2.05) is 0 Å². The van der Waals surface area contributed by atoms with E-state index in [4.69, 9.17) is 9.47 Å². The van der Waals surface area contributed by atoms with E-state index in [9.17, 15) is 28.8 Å². The summed E-state index contributed by atoms with van der Waals surface area (Å²) in [5.41, 5.74) is 0.914. The molecule has 3 aromatic rings. The first kappa shape index (κ1) is 33.9.